The van der Waals surface area contributed by atoms with E-state index in [2.05, 4.69) is 15.4 Å². The largest absolute Gasteiger partial charge is 0.435 e. The molecule has 0 saturated carbocycles. The second-order valence-corrected chi connectivity index (χ2v) is 4.26. The predicted molar refractivity (Wildman–Crippen MR) is 74.5 cm³/mol. The lowest BCUT2D eigenvalue weighted by molar-refractivity contribution is -0.120. The van der Waals surface area contributed by atoms with Gasteiger partial charge in [-0.05, 0) is 18.1 Å². The maximum Gasteiger partial charge on any atom is 0.387 e. The summed E-state index contributed by atoms with van der Waals surface area (Å²) in [6.45, 7) is -1.18. The van der Waals surface area contributed by atoms with Crippen LogP contribution in [0.2, 0.25) is 0 Å². The van der Waals surface area contributed by atoms with Crippen molar-refractivity contribution >= 4 is 5.91 Å². The topological polar surface area (TPSA) is 59.6 Å². The van der Waals surface area contributed by atoms with Crippen molar-refractivity contribution in [2.75, 3.05) is 33.4 Å². The molecule has 1 aromatic carbocycles. The quantitative estimate of drug-likeness (QED) is 0.637. The van der Waals surface area contributed by atoms with Crippen molar-refractivity contribution in [3.8, 4) is 5.75 Å². The number of carbonyl (C=O) groups is 1. The summed E-state index contributed by atoms with van der Waals surface area (Å²) >= 11 is 0. The van der Waals surface area contributed by atoms with Crippen molar-refractivity contribution in [2.45, 2.75) is 13.0 Å². The molecule has 0 aliphatic heterocycles. The number of hydrogen-bond donors (Lipinski definition) is 2. The molecule has 0 saturated heterocycles. The lowest BCUT2D eigenvalue weighted by Crippen LogP contribution is -2.36. The zero-order chi connectivity index (χ0) is 15.5. The van der Waals surface area contributed by atoms with E-state index in [1.807, 2.05) is 0 Å². The van der Waals surface area contributed by atoms with Crippen molar-refractivity contribution in [3.63, 3.8) is 0 Å². The molecule has 0 atom stereocenters. The van der Waals surface area contributed by atoms with Gasteiger partial charge in [0.1, 0.15) is 5.75 Å². The van der Waals surface area contributed by atoms with E-state index in [4.69, 9.17) is 4.74 Å². The molecular formula is C14H20F2N2O3. The van der Waals surface area contributed by atoms with Crippen LogP contribution in [0, 0.1) is 0 Å². The van der Waals surface area contributed by atoms with Crippen LogP contribution in [0.3, 0.4) is 0 Å². The number of methoxy groups -OCH3 is 1. The third kappa shape index (κ3) is 7.57. The fourth-order valence-corrected chi connectivity index (χ4v) is 1.70. The molecule has 21 heavy (non-hydrogen) atoms. The Kier molecular flexibility index (Phi) is 8.30. The molecule has 0 bridgehead atoms. The van der Waals surface area contributed by atoms with Crippen LogP contribution >= 0.6 is 0 Å². The molecule has 5 nitrogen and oxygen atoms in total. The number of amides is 1. The molecule has 0 aliphatic carbocycles. The summed E-state index contributed by atoms with van der Waals surface area (Å²) in [6.07, 6.45) is 0.423. The SMILES string of the molecule is COCCNCC(=O)NCCc1ccccc1OC(F)F. The van der Waals surface area contributed by atoms with Gasteiger partial charge in [0.2, 0.25) is 5.91 Å². The van der Waals surface area contributed by atoms with E-state index in [0.717, 1.165) is 0 Å². The number of benzene rings is 1. The average Bonchev–Trinajstić information content (AvgIpc) is 2.45. The molecule has 0 aliphatic rings. The highest BCUT2D eigenvalue weighted by Gasteiger charge is 2.09. The molecule has 0 fully saturated rings. The summed E-state index contributed by atoms with van der Waals surface area (Å²) in [7, 11) is 1.58. The van der Waals surface area contributed by atoms with Gasteiger partial charge in [-0.2, -0.15) is 8.78 Å². The first kappa shape index (κ1) is 17.3. The first-order valence-corrected chi connectivity index (χ1v) is 6.62. The van der Waals surface area contributed by atoms with E-state index in [1.54, 1.807) is 25.3 Å². The summed E-state index contributed by atoms with van der Waals surface area (Å²) < 4.78 is 33.7. The first-order chi connectivity index (χ1) is 10.1. The number of alkyl halides is 2. The lowest BCUT2D eigenvalue weighted by Gasteiger charge is -2.11. The minimum absolute atomic E-state index is 0.139. The second kappa shape index (κ2) is 10.1. The van der Waals surface area contributed by atoms with E-state index in [1.165, 1.54) is 6.07 Å². The second-order valence-electron chi connectivity index (χ2n) is 4.26. The molecule has 1 amide bonds. The van der Waals surface area contributed by atoms with Crippen molar-refractivity contribution in [1.29, 1.82) is 0 Å². The summed E-state index contributed by atoms with van der Waals surface area (Å²) in [5.41, 5.74) is 0.630. The minimum atomic E-state index is -2.86. The van der Waals surface area contributed by atoms with Gasteiger partial charge in [-0.1, -0.05) is 18.2 Å². The molecule has 118 valence electrons. The van der Waals surface area contributed by atoms with E-state index in [0.29, 0.717) is 31.7 Å². The van der Waals surface area contributed by atoms with Crippen LogP contribution in [-0.4, -0.2) is 45.9 Å². The van der Waals surface area contributed by atoms with Crippen LogP contribution in [0.1, 0.15) is 5.56 Å². The molecule has 1 aromatic rings. The van der Waals surface area contributed by atoms with E-state index in [-0.39, 0.29) is 18.2 Å². The van der Waals surface area contributed by atoms with Gasteiger partial charge in [-0.3, -0.25) is 4.79 Å². The smallest absolute Gasteiger partial charge is 0.387 e. The van der Waals surface area contributed by atoms with Gasteiger partial charge in [0.05, 0.1) is 13.2 Å². The molecule has 0 aromatic heterocycles. The molecule has 0 heterocycles. The van der Waals surface area contributed by atoms with Crippen LogP contribution in [0.5, 0.6) is 5.75 Å². The van der Waals surface area contributed by atoms with Crippen molar-refractivity contribution in [3.05, 3.63) is 29.8 Å². The lowest BCUT2D eigenvalue weighted by atomic mass is 10.1. The van der Waals surface area contributed by atoms with Gasteiger partial charge < -0.3 is 20.1 Å². The van der Waals surface area contributed by atoms with E-state index in [9.17, 15) is 13.6 Å². The Morgan fingerprint density at radius 1 is 1.29 bits per heavy atom. The fraction of sp³-hybridized carbons (Fsp3) is 0.500. The van der Waals surface area contributed by atoms with Crippen molar-refractivity contribution < 1.29 is 23.0 Å². The van der Waals surface area contributed by atoms with Crippen LogP contribution < -0.4 is 15.4 Å². The first-order valence-electron chi connectivity index (χ1n) is 6.62. The van der Waals surface area contributed by atoms with Gasteiger partial charge >= 0.3 is 6.61 Å². The Morgan fingerprint density at radius 2 is 2.05 bits per heavy atom. The zero-order valence-electron chi connectivity index (χ0n) is 11.9. The molecule has 0 spiro atoms. The van der Waals surface area contributed by atoms with Crippen LogP contribution in [-0.2, 0) is 16.0 Å². The van der Waals surface area contributed by atoms with Gasteiger partial charge in [0, 0.05) is 20.2 Å². The number of ether oxygens (including phenoxy) is 2. The van der Waals surface area contributed by atoms with Gasteiger partial charge in [0.15, 0.2) is 0 Å². The van der Waals surface area contributed by atoms with Crippen molar-refractivity contribution in [1.82, 2.24) is 10.6 Å². The monoisotopic (exact) mass is 302 g/mol. The normalized spacial score (nSPS) is 10.7. The number of para-hydroxylation sites is 1. The minimum Gasteiger partial charge on any atom is -0.435 e. The van der Waals surface area contributed by atoms with E-state index < -0.39 is 6.61 Å². The third-order valence-electron chi connectivity index (χ3n) is 2.67. The molecule has 1 rings (SSSR count). The summed E-state index contributed by atoms with van der Waals surface area (Å²) in [4.78, 5) is 11.5. The van der Waals surface area contributed by atoms with E-state index >= 15 is 0 Å². The Bertz CT molecular complexity index is 430. The molecule has 0 unspecified atom stereocenters. The van der Waals surface area contributed by atoms with Crippen LogP contribution in [0.4, 0.5) is 8.78 Å². The zero-order valence-corrected chi connectivity index (χ0v) is 11.9. The summed E-state index contributed by atoms with van der Waals surface area (Å²) in [6, 6.07) is 6.54. The number of rotatable bonds is 10. The van der Waals surface area contributed by atoms with Crippen LogP contribution in [0.15, 0.2) is 24.3 Å². The standard InChI is InChI=1S/C14H20F2N2O3/c1-20-9-8-17-10-13(19)18-7-6-11-4-2-3-5-12(11)21-14(15)16/h2-5,14,17H,6-10H2,1H3,(H,18,19). The van der Waals surface area contributed by atoms with Crippen molar-refractivity contribution in [2.24, 2.45) is 0 Å². The van der Waals surface area contributed by atoms with Gasteiger partial charge in [-0.25, -0.2) is 0 Å². The Hall–Kier alpha value is -1.73. The molecular weight excluding hydrogens is 282 g/mol. The molecule has 2 N–H and O–H groups in total. The highest BCUT2D eigenvalue weighted by molar-refractivity contribution is 5.77. The maximum absolute atomic E-state index is 12.2. The Morgan fingerprint density at radius 3 is 2.76 bits per heavy atom. The number of hydrogen-bond acceptors (Lipinski definition) is 4. The number of halogens is 2. The van der Waals surface area contributed by atoms with Gasteiger partial charge in [-0.15, -0.1) is 0 Å². The predicted octanol–water partition coefficient (Wildman–Crippen LogP) is 1.18. The maximum atomic E-state index is 12.2. The average molecular weight is 302 g/mol. The van der Waals surface area contributed by atoms with Crippen LogP contribution in [0.25, 0.3) is 0 Å². The highest BCUT2D eigenvalue weighted by atomic mass is 19.3. The van der Waals surface area contributed by atoms with Gasteiger partial charge in [0.25, 0.3) is 0 Å². The third-order valence-corrected chi connectivity index (χ3v) is 2.67. The number of nitrogens with one attached hydrogen (secondary N) is 2. The molecule has 0 radical (unpaired) electrons. The highest BCUT2D eigenvalue weighted by Crippen LogP contribution is 2.20. The fourth-order valence-electron chi connectivity index (χ4n) is 1.70. The summed E-state index contributed by atoms with van der Waals surface area (Å²) in [5.74, 6) is -0.0154. The summed E-state index contributed by atoms with van der Waals surface area (Å²) in [5, 5.41) is 5.61. The molecule has 7 heteroatoms. The number of carbonyl (C=O) groups excluding carboxylic acids is 1. The Balaban J connectivity index is 2.30. The Labute approximate surface area is 122 Å².